The van der Waals surface area contributed by atoms with Gasteiger partial charge in [0, 0.05) is 19.7 Å². The van der Waals surface area contributed by atoms with Crippen molar-refractivity contribution in [1.29, 1.82) is 0 Å². The zero-order valence-corrected chi connectivity index (χ0v) is 14.9. The fraction of sp³-hybridized carbons (Fsp3) is 0.611. The Morgan fingerprint density at radius 2 is 1.87 bits per heavy atom. The van der Waals surface area contributed by atoms with Crippen molar-refractivity contribution >= 4 is 5.96 Å². The van der Waals surface area contributed by atoms with E-state index in [0.29, 0.717) is 13.2 Å². The third-order valence-electron chi connectivity index (χ3n) is 3.05. The lowest BCUT2D eigenvalue weighted by atomic mass is 10.2. The van der Waals surface area contributed by atoms with Gasteiger partial charge in [-0.15, -0.1) is 0 Å². The second kappa shape index (κ2) is 11.8. The Kier molecular flexibility index (Phi) is 9.87. The van der Waals surface area contributed by atoms with Gasteiger partial charge in [-0.25, -0.2) is 0 Å². The maximum absolute atomic E-state index is 5.69. The van der Waals surface area contributed by atoms with Gasteiger partial charge in [0.1, 0.15) is 12.4 Å². The van der Waals surface area contributed by atoms with Crippen LogP contribution in [0.1, 0.15) is 32.8 Å². The third-order valence-corrected chi connectivity index (χ3v) is 3.05. The Bertz CT molecular complexity index is 444. The van der Waals surface area contributed by atoms with Crippen molar-refractivity contribution in [2.75, 3.05) is 32.8 Å². The van der Waals surface area contributed by atoms with Crippen molar-refractivity contribution in [2.24, 2.45) is 4.99 Å². The molecule has 0 saturated carbocycles. The summed E-state index contributed by atoms with van der Waals surface area (Å²) in [6.07, 6.45) is 1.21. The highest BCUT2D eigenvalue weighted by Crippen LogP contribution is 2.10. The van der Waals surface area contributed by atoms with Gasteiger partial charge >= 0.3 is 0 Å². The summed E-state index contributed by atoms with van der Waals surface area (Å²) in [4.78, 5) is 4.53. The molecule has 1 rings (SSSR count). The first-order valence-corrected chi connectivity index (χ1v) is 8.45. The molecule has 0 unspecified atom stereocenters. The summed E-state index contributed by atoms with van der Waals surface area (Å²) < 4.78 is 11.2. The lowest BCUT2D eigenvalue weighted by Crippen LogP contribution is -2.39. The largest absolute Gasteiger partial charge is 0.492 e. The third kappa shape index (κ3) is 9.79. The minimum atomic E-state index is 0.282. The van der Waals surface area contributed by atoms with Crippen molar-refractivity contribution in [2.45, 2.75) is 40.2 Å². The number of guanidine groups is 1. The van der Waals surface area contributed by atoms with Crippen molar-refractivity contribution < 1.29 is 9.47 Å². The molecule has 0 fully saturated rings. The Morgan fingerprint density at radius 1 is 1.13 bits per heavy atom. The minimum Gasteiger partial charge on any atom is -0.492 e. The number of benzene rings is 1. The normalized spacial score (nSPS) is 11.6. The van der Waals surface area contributed by atoms with Gasteiger partial charge in [0.2, 0.25) is 0 Å². The Balaban J connectivity index is 2.22. The van der Waals surface area contributed by atoms with Crippen LogP contribution in [0.4, 0.5) is 0 Å². The number of aliphatic imine (C=N–C) groups is 1. The van der Waals surface area contributed by atoms with Crippen molar-refractivity contribution in [3.63, 3.8) is 0 Å². The molecule has 5 nitrogen and oxygen atoms in total. The van der Waals surface area contributed by atoms with Crippen LogP contribution in [0.2, 0.25) is 0 Å². The molecular weight excluding hydrogens is 290 g/mol. The fourth-order valence-corrected chi connectivity index (χ4v) is 1.89. The predicted molar refractivity (Wildman–Crippen MR) is 96.4 cm³/mol. The van der Waals surface area contributed by atoms with E-state index < -0.39 is 0 Å². The quantitative estimate of drug-likeness (QED) is 0.395. The van der Waals surface area contributed by atoms with Gasteiger partial charge < -0.3 is 20.1 Å². The molecule has 130 valence electrons. The van der Waals surface area contributed by atoms with Crippen LogP contribution < -0.4 is 15.4 Å². The molecule has 0 saturated heterocycles. The molecule has 0 heterocycles. The maximum Gasteiger partial charge on any atom is 0.191 e. The molecule has 0 aliphatic carbocycles. The van der Waals surface area contributed by atoms with Crippen LogP contribution in [0.3, 0.4) is 0 Å². The van der Waals surface area contributed by atoms with Crippen LogP contribution >= 0.6 is 0 Å². The fourth-order valence-electron chi connectivity index (χ4n) is 1.89. The molecule has 1 aromatic rings. The monoisotopic (exact) mass is 321 g/mol. The summed E-state index contributed by atoms with van der Waals surface area (Å²) in [5.41, 5.74) is 1.23. The highest BCUT2D eigenvalue weighted by molar-refractivity contribution is 5.79. The molecule has 0 aliphatic heterocycles. The summed E-state index contributed by atoms with van der Waals surface area (Å²) in [7, 11) is 0. The topological polar surface area (TPSA) is 54.9 Å². The highest BCUT2D eigenvalue weighted by atomic mass is 16.5. The molecule has 0 atom stereocenters. The van der Waals surface area contributed by atoms with E-state index in [1.807, 2.05) is 38.1 Å². The van der Waals surface area contributed by atoms with Crippen molar-refractivity contribution in [1.82, 2.24) is 10.6 Å². The molecule has 0 spiro atoms. The molecule has 23 heavy (non-hydrogen) atoms. The molecule has 0 aromatic heterocycles. The van der Waals surface area contributed by atoms with Crippen LogP contribution in [-0.2, 0) is 4.74 Å². The second-order valence-corrected chi connectivity index (χ2v) is 5.62. The average Bonchev–Trinajstić information content (AvgIpc) is 2.52. The number of nitrogens with one attached hydrogen (secondary N) is 2. The molecule has 0 bridgehead atoms. The standard InChI is InChI=1S/C18H31N3O2/c1-5-19-18(20-11-6-13-22-15(2)3)21-12-14-23-17-9-7-16(4)8-10-17/h7-10,15H,5-6,11-14H2,1-4H3,(H2,19,20,21). The first-order chi connectivity index (χ1) is 11.1. The van der Waals surface area contributed by atoms with Gasteiger partial charge in [0.05, 0.1) is 12.6 Å². The Labute approximate surface area is 140 Å². The number of hydrogen-bond donors (Lipinski definition) is 2. The summed E-state index contributed by atoms with van der Waals surface area (Å²) >= 11 is 0. The van der Waals surface area contributed by atoms with Gasteiger partial charge in [-0.05, 0) is 46.2 Å². The van der Waals surface area contributed by atoms with E-state index in [1.54, 1.807) is 0 Å². The summed E-state index contributed by atoms with van der Waals surface area (Å²) in [5, 5.41) is 6.51. The van der Waals surface area contributed by atoms with Gasteiger partial charge in [-0.3, -0.25) is 4.99 Å². The Morgan fingerprint density at radius 3 is 2.52 bits per heavy atom. The van der Waals surface area contributed by atoms with Crippen LogP contribution in [0, 0.1) is 6.92 Å². The SMILES string of the molecule is CCNC(=NCCCOC(C)C)NCCOc1ccc(C)cc1. The predicted octanol–water partition coefficient (Wildman–Crippen LogP) is 2.74. The molecule has 0 amide bonds. The summed E-state index contributed by atoms with van der Waals surface area (Å²) in [6.45, 7) is 11.9. The molecule has 0 radical (unpaired) electrons. The number of rotatable bonds is 10. The molecule has 0 aliphatic rings. The van der Waals surface area contributed by atoms with Gasteiger partial charge in [0.15, 0.2) is 5.96 Å². The number of aryl methyl sites for hydroxylation is 1. The van der Waals surface area contributed by atoms with Crippen LogP contribution in [-0.4, -0.2) is 44.9 Å². The second-order valence-electron chi connectivity index (χ2n) is 5.62. The first-order valence-electron chi connectivity index (χ1n) is 8.45. The minimum absolute atomic E-state index is 0.282. The summed E-state index contributed by atoms with van der Waals surface area (Å²) in [5.74, 6) is 1.72. The van der Waals surface area contributed by atoms with Gasteiger partial charge in [0.25, 0.3) is 0 Å². The van der Waals surface area contributed by atoms with Gasteiger partial charge in [-0.1, -0.05) is 17.7 Å². The maximum atomic E-state index is 5.69. The molecule has 2 N–H and O–H groups in total. The van der Waals surface area contributed by atoms with E-state index in [2.05, 4.69) is 29.5 Å². The van der Waals surface area contributed by atoms with Crippen LogP contribution in [0.5, 0.6) is 5.75 Å². The zero-order valence-electron chi connectivity index (χ0n) is 14.9. The highest BCUT2D eigenvalue weighted by Gasteiger charge is 1.98. The molecule has 5 heteroatoms. The smallest absolute Gasteiger partial charge is 0.191 e. The van der Waals surface area contributed by atoms with E-state index >= 15 is 0 Å². The van der Waals surface area contributed by atoms with Crippen LogP contribution in [0.15, 0.2) is 29.3 Å². The average molecular weight is 321 g/mol. The zero-order chi connectivity index (χ0) is 16.9. The Hall–Kier alpha value is -1.75. The number of nitrogens with zero attached hydrogens (tertiary/aromatic N) is 1. The number of hydrogen-bond acceptors (Lipinski definition) is 3. The van der Waals surface area contributed by atoms with E-state index in [0.717, 1.165) is 37.8 Å². The van der Waals surface area contributed by atoms with E-state index in [1.165, 1.54) is 5.56 Å². The summed E-state index contributed by atoms with van der Waals surface area (Å²) in [6, 6.07) is 8.08. The van der Waals surface area contributed by atoms with Crippen molar-refractivity contribution in [3.8, 4) is 5.75 Å². The van der Waals surface area contributed by atoms with Crippen LogP contribution in [0.25, 0.3) is 0 Å². The molecule has 1 aromatic carbocycles. The van der Waals surface area contributed by atoms with E-state index in [4.69, 9.17) is 9.47 Å². The van der Waals surface area contributed by atoms with E-state index in [-0.39, 0.29) is 6.10 Å². The van der Waals surface area contributed by atoms with E-state index in [9.17, 15) is 0 Å². The van der Waals surface area contributed by atoms with Gasteiger partial charge in [-0.2, -0.15) is 0 Å². The number of ether oxygens (including phenoxy) is 2. The lowest BCUT2D eigenvalue weighted by Gasteiger charge is -2.12. The first kappa shape index (κ1) is 19.3. The molecular formula is C18H31N3O2. The van der Waals surface area contributed by atoms with Crippen molar-refractivity contribution in [3.05, 3.63) is 29.8 Å². The lowest BCUT2D eigenvalue weighted by molar-refractivity contribution is 0.0782.